The summed E-state index contributed by atoms with van der Waals surface area (Å²) in [5, 5.41) is 13.1. The van der Waals surface area contributed by atoms with E-state index >= 15 is 0 Å². The third kappa shape index (κ3) is 2.56. The molecule has 1 N–H and O–H groups in total. The molecule has 3 heteroatoms. The zero-order valence-electron chi connectivity index (χ0n) is 10.3. The number of nitriles is 1. The second-order valence-corrected chi connectivity index (χ2v) is 5.79. The van der Waals surface area contributed by atoms with Crippen molar-refractivity contribution < 1.29 is 0 Å². The molecule has 0 aliphatic heterocycles. The molecule has 0 saturated heterocycles. The van der Waals surface area contributed by atoms with E-state index in [1.165, 1.54) is 19.3 Å². The van der Waals surface area contributed by atoms with Crippen LogP contribution in [0.15, 0.2) is 18.2 Å². The summed E-state index contributed by atoms with van der Waals surface area (Å²) >= 11 is 6.15. The van der Waals surface area contributed by atoms with Crippen molar-refractivity contribution in [2.75, 3.05) is 5.32 Å². The van der Waals surface area contributed by atoms with Crippen LogP contribution in [0.3, 0.4) is 0 Å². The lowest BCUT2D eigenvalue weighted by molar-refractivity contribution is 0.350. The van der Waals surface area contributed by atoms with E-state index in [1.54, 1.807) is 12.1 Å². The molecule has 2 nitrogen and oxygen atoms in total. The first kappa shape index (κ1) is 12.3. The molecule has 17 heavy (non-hydrogen) atoms. The van der Waals surface area contributed by atoms with Crippen molar-refractivity contribution in [1.29, 1.82) is 5.26 Å². The molecule has 1 aliphatic rings. The second kappa shape index (κ2) is 4.58. The van der Waals surface area contributed by atoms with Gasteiger partial charge in [0, 0.05) is 6.04 Å². The van der Waals surface area contributed by atoms with Gasteiger partial charge < -0.3 is 5.32 Å². The predicted molar refractivity (Wildman–Crippen MR) is 71.2 cm³/mol. The summed E-state index contributed by atoms with van der Waals surface area (Å²) in [4.78, 5) is 0. The van der Waals surface area contributed by atoms with Crippen LogP contribution in [0, 0.1) is 16.7 Å². The highest BCUT2D eigenvalue weighted by molar-refractivity contribution is 6.33. The molecule has 0 heterocycles. The predicted octanol–water partition coefficient (Wildman–Crippen LogP) is 4.20. The Hall–Kier alpha value is -1.20. The van der Waals surface area contributed by atoms with Crippen LogP contribution >= 0.6 is 11.6 Å². The average Bonchev–Trinajstić information content (AvgIpc) is 2.61. The van der Waals surface area contributed by atoms with E-state index in [-0.39, 0.29) is 0 Å². The molecule has 1 atom stereocenters. The standard InChI is InChI=1S/C14H17ClN2/c1-14(2)7-3-4-13(14)17-12-8-10(9-16)5-6-11(12)15/h5-6,8,13,17H,3-4,7H2,1-2H3. The summed E-state index contributed by atoms with van der Waals surface area (Å²) in [6, 6.07) is 7.94. The van der Waals surface area contributed by atoms with Gasteiger partial charge in [0.1, 0.15) is 0 Å². The van der Waals surface area contributed by atoms with Crippen LogP contribution in [-0.4, -0.2) is 6.04 Å². The minimum absolute atomic E-state index is 0.298. The first-order valence-corrected chi connectivity index (χ1v) is 6.37. The highest BCUT2D eigenvalue weighted by atomic mass is 35.5. The first-order valence-electron chi connectivity index (χ1n) is 5.99. The summed E-state index contributed by atoms with van der Waals surface area (Å²) < 4.78 is 0. The minimum Gasteiger partial charge on any atom is -0.381 e. The van der Waals surface area contributed by atoms with Gasteiger partial charge in [-0.3, -0.25) is 0 Å². The van der Waals surface area contributed by atoms with Gasteiger partial charge in [-0.25, -0.2) is 0 Å². The Morgan fingerprint density at radius 2 is 2.24 bits per heavy atom. The second-order valence-electron chi connectivity index (χ2n) is 5.38. The molecule has 0 amide bonds. The van der Waals surface area contributed by atoms with E-state index in [9.17, 15) is 0 Å². The van der Waals surface area contributed by atoms with Crippen molar-refractivity contribution >= 4 is 17.3 Å². The van der Waals surface area contributed by atoms with Crippen LogP contribution in [0.5, 0.6) is 0 Å². The molecule has 90 valence electrons. The van der Waals surface area contributed by atoms with Crippen LogP contribution in [0.4, 0.5) is 5.69 Å². The largest absolute Gasteiger partial charge is 0.381 e. The summed E-state index contributed by atoms with van der Waals surface area (Å²) in [5.41, 5.74) is 1.82. The van der Waals surface area contributed by atoms with Crippen molar-refractivity contribution in [2.24, 2.45) is 5.41 Å². The highest BCUT2D eigenvalue weighted by Gasteiger charge is 2.34. The van der Waals surface area contributed by atoms with Gasteiger partial charge in [-0.05, 0) is 36.5 Å². The summed E-state index contributed by atoms with van der Waals surface area (Å²) in [7, 11) is 0. The van der Waals surface area contributed by atoms with Crippen LogP contribution in [0.1, 0.15) is 38.7 Å². The number of rotatable bonds is 2. The van der Waals surface area contributed by atoms with E-state index < -0.39 is 0 Å². The maximum Gasteiger partial charge on any atom is 0.0992 e. The maximum atomic E-state index is 8.90. The van der Waals surface area contributed by atoms with Crippen molar-refractivity contribution in [3.05, 3.63) is 28.8 Å². The smallest absolute Gasteiger partial charge is 0.0992 e. The minimum atomic E-state index is 0.298. The molecule has 1 saturated carbocycles. The van der Waals surface area contributed by atoms with E-state index in [0.29, 0.717) is 22.0 Å². The Kier molecular flexibility index (Phi) is 3.31. The van der Waals surface area contributed by atoms with E-state index in [2.05, 4.69) is 25.2 Å². The molecule has 1 aromatic rings. The van der Waals surface area contributed by atoms with Gasteiger partial charge in [-0.2, -0.15) is 5.26 Å². The Labute approximate surface area is 108 Å². The van der Waals surface area contributed by atoms with Crippen molar-refractivity contribution in [3.8, 4) is 6.07 Å². The molecule has 0 bridgehead atoms. The van der Waals surface area contributed by atoms with Gasteiger partial charge in [-0.15, -0.1) is 0 Å². The molecule has 1 fully saturated rings. The molecule has 0 spiro atoms. The Morgan fingerprint density at radius 3 is 2.82 bits per heavy atom. The van der Waals surface area contributed by atoms with Crippen LogP contribution in [-0.2, 0) is 0 Å². The lowest BCUT2D eigenvalue weighted by atomic mass is 9.87. The van der Waals surface area contributed by atoms with Gasteiger partial charge in [0.15, 0.2) is 0 Å². The quantitative estimate of drug-likeness (QED) is 0.851. The number of hydrogen-bond donors (Lipinski definition) is 1. The molecule has 0 radical (unpaired) electrons. The highest BCUT2D eigenvalue weighted by Crippen LogP contribution is 2.40. The number of hydrogen-bond acceptors (Lipinski definition) is 2. The third-order valence-corrected chi connectivity index (χ3v) is 4.01. The number of halogens is 1. The number of benzene rings is 1. The number of nitrogens with zero attached hydrogens (tertiary/aromatic N) is 1. The monoisotopic (exact) mass is 248 g/mol. The van der Waals surface area contributed by atoms with Crippen molar-refractivity contribution in [2.45, 2.75) is 39.2 Å². The molecule has 1 aromatic carbocycles. The Balaban J connectivity index is 2.21. The van der Waals surface area contributed by atoms with Crippen molar-refractivity contribution in [3.63, 3.8) is 0 Å². The van der Waals surface area contributed by atoms with Gasteiger partial charge >= 0.3 is 0 Å². The summed E-state index contributed by atoms with van der Waals surface area (Å²) in [6.07, 6.45) is 3.65. The third-order valence-electron chi connectivity index (χ3n) is 3.68. The molecule has 1 unspecified atom stereocenters. The van der Waals surface area contributed by atoms with Gasteiger partial charge in [-0.1, -0.05) is 31.9 Å². The Morgan fingerprint density at radius 1 is 1.47 bits per heavy atom. The lowest BCUT2D eigenvalue weighted by Crippen LogP contribution is -2.30. The van der Waals surface area contributed by atoms with Gasteiger partial charge in [0.25, 0.3) is 0 Å². The lowest BCUT2D eigenvalue weighted by Gasteiger charge is -2.29. The summed E-state index contributed by atoms with van der Waals surface area (Å²) in [6.45, 7) is 4.55. The fraction of sp³-hybridized carbons (Fsp3) is 0.500. The van der Waals surface area contributed by atoms with Crippen LogP contribution in [0.25, 0.3) is 0 Å². The average molecular weight is 249 g/mol. The molecular formula is C14H17ClN2. The Bertz CT molecular complexity index is 460. The van der Waals surface area contributed by atoms with Gasteiger partial charge in [0.2, 0.25) is 0 Å². The first-order chi connectivity index (χ1) is 8.03. The zero-order valence-corrected chi connectivity index (χ0v) is 11.0. The zero-order chi connectivity index (χ0) is 12.5. The maximum absolute atomic E-state index is 8.90. The molecule has 1 aliphatic carbocycles. The molecule has 0 aromatic heterocycles. The van der Waals surface area contributed by atoms with Crippen molar-refractivity contribution in [1.82, 2.24) is 0 Å². The number of anilines is 1. The molecule has 2 rings (SSSR count). The number of nitrogens with one attached hydrogen (secondary N) is 1. The van der Waals surface area contributed by atoms with Gasteiger partial charge in [0.05, 0.1) is 22.3 Å². The normalized spacial score (nSPS) is 22.1. The van der Waals surface area contributed by atoms with E-state index in [0.717, 1.165) is 5.69 Å². The van der Waals surface area contributed by atoms with Crippen LogP contribution in [0.2, 0.25) is 5.02 Å². The van der Waals surface area contributed by atoms with E-state index in [4.69, 9.17) is 16.9 Å². The SMILES string of the molecule is CC1(C)CCCC1Nc1cc(C#N)ccc1Cl. The van der Waals surface area contributed by atoms with E-state index in [1.807, 2.05) is 6.07 Å². The fourth-order valence-corrected chi connectivity index (χ4v) is 2.66. The van der Waals surface area contributed by atoms with Crippen LogP contribution < -0.4 is 5.32 Å². The topological polar surface area (TPSA) is 35.8 Å². The summed E-state index contributed by atoms with van der Waals surface area (Å²) in [5.74, 6) is 0. The molecular weight excluding hydrogens is 232 g/mol. The fourth-order valence-electron chi connectivity index (χ4n) is 2.49.